The van der Waals surface area contributed by atoms with Gasteiger partial charge in [0.2, 0.25) is 0 Å². The van der Waals surface area contributed by atoms with E-state index in [1.54, 1.807) is 0 Å². The number of nitrogens with two attached hydrogens (primary N) is 1. The first kappa shape index (κ1) is 6.15. The minimum atomic E-state index is 0.222. The summed E-state index contributed by atoms with van der Waals surface area (Å²) >= 11 is 0. The molecule has 0 aliphatic rings. The summed E-state index contributed by atoms with van der Waals surface area (Å²) < 4.78 is 0. The van der Waals surface area contributed by atoms with Gasteiger partial charge in [0.25, 0.3) is 0 Å². The Morgan fingerprint density at radius 1 is 1.78 bits per heavy atom. The van der Waals surface area contributed by atoms with Crippen LogP contribution < -0.4 is 5.73 Å². The molecule has 1 aromatic heterocycles. The zero-order chi connectivity index (χ0) is 6.69. The van der Waals surface area contributed by atoms with Gasteiger partial charge in [0.15, 0.2) is 5.82 Å². The molecule has 3 N–H and O–H groups in total. The van der Waals surface area contributed by atoms with Gasteiger partial charge < -0.3 is 5.73 Å². The van der Waals surface area contributed by atoms with Crippen molar-refractivity contribution in [2.45, 2.75) is 12.8 Å². The molecule has 1 atom stereocenters. The maximum Gasteiger partial charge on any atom is 0.152 e. The fourth-order valence-corrected chi connectivity index (χ4v) is 0.487. The molecule has 0 spiro atoms. The van der Waals surface area contributed by atoms with Crippen molar-refractivity contribution in [1.82, 2.24) is 20.6 Å². The Morgan fingerprint density at radius 2 is 2.56 bits per heavy atom. The van der Waals surface area contributed by atoms with Gasteiger partial charge in [0.05, 0.1) is 0 Å². The molecular weight excluding hydrogens is 118 g/mol. The number of hydrogen-bond donors (Lipinski definition) is 2. The number of H-pyrrole nitrogens is 1. The van der Waals surface area contributed by atoms with E-state index in [2.05, 4.69) is 20.6 Å². The molecule has 0 aromatic carbocycles. The maximum absolute atomic E-state index is 5.35. The average Bonchev–Trinajstić information content (AvgIpc) is 2.37. The number of tetrazole rings is 1. The Bertz CT molecular complexity index is 157. The first-order chi connectivity index (χ1) is 4.34. The molecule has 50 valence electrons. The second-order valence-electron chi connectivity index (χ2n) is 1.92. The summed E-state index contributed by atoms with van der Waals surface area (Å²) in [4.78, 5) is 0. The second kappa shape index (κ2) is 2.54. The molecule has 0 bridgehead atoms. The lowest BCUT2D eigenvalue weighted by Crippen LogP contribution is -2.10. The van der Waals surface area contributed by atoms with Gasteiger partial charge in [-0.2, -0.15) is 0 Å². The van der Waals surface area contributed by atoms with Crippen molar-refractivity contribution in [2.24, 2.45) is 5.73 Å². The fraction of sp³-hybridized carbons (Fsp3) is 0.750. The monoisotopic (exact) mass is 127 g/mol. The summed E-state index contributed by atoms with van der Waals surface area (Å²) in [6, 6.07) is 0. The Balaban J connectivity index is 2.65. The zero-order valence-electron chi connectivity index (χ0n) is 5.20. The van der Waals surface area contributed by atoms with Gasteiger partial charge in [0.1, 0.15) is 0 Å². The summed E-state index contributed by atoms with van der Waals surface area (Å²) in [6.45, 7) is 2.53. The van der Waals surface area contributed by atoms with Gasteiger partial charge in [-0.15, -0.1) is 5.10 Å². The van der Waals surface area contributed by atoms with E-state index in [1.165, 1.54) is 0 Å². The molecular formula is C4H9N5. The van der Waals surface area contributed by atoms with E-state index in [0.29, 0.717) is 6.54 Å². The van der Waals surface area contributed by atoms with Crippen LogP contribution in [0.5, 0.6) is 0 Å². The lowest BCUT2D eigenvalue weighted by Gasteiger charge is -1.99. The van der Waals surface area contributed by atoms with Gasteiger partial charge in [-0.05, 0) is 10.4 Å². The quantitative estimate of drug-likeness (QED) is 0.548. The highest BCUT2D eigenvalue weighted by atomic mass is 15.5. The third kappa shape index (κ3) is 1.23. The Kier molecular flexibility index (Phi) is 1.74. The summed E-state index contributed by atoms with van der Waals surface area (Å²) in [5.74, 6) is 0.970. The van der Waals surface area contributed by atoms with Crippen LogP contribution >= 0.6 is 0 Å². The van der Waals surface area contributed by atoms with E-state index in [1.807, 2.05) is 6.92 Å². The normalized spacial score (nSPS) is 13.6. The Hall–Kier alpha value is -0.970. The van der Waals surface area contributed by atoms with Gasteiger partial charge in [-0.1, -0.05) is 6.92 Å². The molecule has 1 heterocycles. The van der Waals surface area contributed by atoms with Crippen LogP contribution in [0.4, 0.5) is 0 Å². The molecule has 0 saturated heterocycles. The summed E-state index contributed by atoms with van der Waals surface area (Å²) in [6.07, 6.45) is 0. The number of nitrogens with zero attached hydrogens (tertiary/aromatic N) is 3. The molecule has 0 aliphatic carbocycles. The van der Waals surface area contributed by atoms with Crippen LogP contribution in [0.2, 0.25) is 0 Å². The van der Waals surface area contributed by atoms with Crippen LogP contribution in [0.1, 0.15) is 18.7 Å². The van der Waals surface area contributed by atoms with Crippen molar-refractivity contribution < 1.29 is 0 Å². The molecule has 1 unspecified atom stereocenters. The highest BCUT2D eigenvalue weighted by Crippen LogP contribution is 2.03. The standard InChI is InChI=1S/C4H9N5/c1-3(2-5)4-6-8-9-7-4/h3H,2,5H2,1H3,(H,6,7,8,9). The maximum atomic E-state index is 5.35. The zero-order valence-corrected chi connectivity index (χ0v) is 5.20. The van der Waals surface area contributed by atoms with Crippen molar-refractivity contribution in [3.05, 3.63) is 5.82 Å². The largest absolute Gasteiger partial charge is 0.330 e. The second-order valence-corrected chi connectivity index (χ2v) is 1.92. The van der Waals surface area contributed by atoms with Crippen LogP contribution in [0.3, 0.4) is 0 Å². The van der Waals surface area contributed by atoms with Crippen molar-refractivity contribution in [3.8, 4) is 0 Å². The molecule has 0 radical (unpaired) electrons. The highest BCUT2D eigenvalue weighted by Gasteiger charge is 2.04. The molecule has 1 rings (SSSR count). The van der Waals surface area contributed by atoms with Crippen LogP contribution in [0.25, 0.3) is 0 Å². The van der Waals surface area contributed by atoms with Gasteiger partial charge in [-0.25, -0.2) is 5.10 Å². The van der Waals surface area contributed by atoms with Crippen molar-refractivity contribution in [1.29, 1.82) is 0 Å². The molecule has 0 saturated carbocycles. The Morgan fingerprint density at radius 3 is 3.00 bits per heavy atom. The summed E-state index contributed by atoms with van der Waals surface area (Å²) in [7, 11) is 0. The summed E-state index contributed by atoms with van der Waals surface area (Å²) in [5.41, 5.74) is 5.35. The van der Waals surface area contributed by atoms with Crippen LogP contribution in [-0.2, 0) is 0 Å². The van der Waals surface area contributed by atoms with Crippen LogP contribution in [0.15, 0.2) is 0 Å². The topological polar surface area (TPSA) is 80.5 Å². The number of aromatic amines is 1. The van der Waals surface area contributed by atoms with E-state index in [0.717, 1.165) is 5.82 Å². The minimum absolute atomic E-state index is 0.222. The molecule has 9 heavy (non-hydrogen) atoms. The molecule has 0 fully saturated rings. The first-order valence-corrected chi connectivity index (χ1v) is 2.78. The molecule has 0 aliphatic heterocycles. The van der Waals surface area contributed by atoms with Gasteiger partial charge >= 0.3 is 0 Å². The van der Waals surface area contributed by atoms with Crippen LogP contribution in [0, 0.1) is 0 Å². The lowest BCUT2D eigenvalue weighted by molar-refractivity contribution is 0.714. The van der Waals surface area contributed by atoms with Crippen molar-refractivity contribution in [3.63, 3.8) is 0 Å². The number of rotatable bonds is 2. The average molecular weight is 127 g/mol. The number of nitrogens with one attached hydrogen (secondary N) is 1. The van der Waals surface area contributed by atoms with Crippen LogP contribution in [-0.4, -0.2) is 27.2 Å². The number of aromatic nitrogens is 4. The molecule has 5 heteroatoms. The smallest absolute Gasteiger partial charge is 0.152 e. The lowest BCUT2D eigenvalue weighted by atomic mass is 10.2. The minimum Gasteiger partial charge on any atom is -0.330 e. The van der Waals surface area contributed by atoms with Gasteiger partial charge in [0, 0.05) is 12.5 Å². The molecule has 5 nitrogen and oxygen atoms in total. The predicted octanol–water partition coefficient (Wildman–Crippen LogP) is -0.738. The highest BCUT2D eigenvalue weighted by molar-refractivity contribution is 4.87. The molecule has 0 amide bonds. The third-order valence-electron chi connectivity index (χ3n) is 1.18. The fourth-order valence-electron chi connectivity index (χ4n) is 0.487. The van der Waals surface area contributed by atoms with Gasteiger partial charge in [-0.3, -0.25) is 0 Å². The molecule has 1 aromatic rings. The van der Waals surface area contributed by atoms with E-state index < -0.39 is 0 Å². The van der Waals surface area contributed by atoms with Crippen molar-refractivity contribution >= 4 is 0 Å². The van der Waals surface area contributed by atoms with E-state index in [4.69, 9.17) is 5.73 Å². The first-order valence-electron chi connectivity index (χ1n) is 2.78. The van der Waals surface area contributed by atoms with E-state index in [-0.39, 0.29) is 5.92 Å². The predicted molar refractivity (Wildman–Crippen MR) is 31.6 cm³/mol. The Labute approximate surface area is 52.6 Å². The van der Waals surface area contributed by atoms with E-state index in [9.17, 15) is 0 Å². The third-order valence-corrected chi connectivity index (χ3v) is 1.18. The summed E-state index contributed by atoms with van der Waals surface area (Å²) in [5, 5.41) is 13.2. The van der Waals surface area contributed by atoms with E-state index >= 15 is 0 Å². The SMILES string of the molecule is CC(CN)c1nnn[nH]1. The van der Waals surface area contributed by atoms with Crippen molar-refractivity contribution in [2.75, 3.05) is 6.54 Å². The number of hydrogen-bond acceptors (Lipinski definition) is 4.